The van der Waals surface area contributed by atoms with Crippen molar-refractivity contribution in [3.63, 3.8) is 0 Å². The van der Waals surface area contributed by atoms with Gasteiger partial charge in [-0.05, 0) is 55.3 Å². The number of ether oxygens (including phenoxy) is 1. The molecular formula is C16H20FNO2. The first-order valence-corrected chi connectivity index (χ1v) is 7.18. The number of methoxy groups -OCH3 is 1. The van der Waals surface area contributed by atoms with Crippen molar-refractivity contribution < 1.29 is 13.9 Å². The lowest BCUT2D eigenvalue weighted by Crippen LogP contribution is -2.47. The Hall–Kier alpha value is -1.42. The highest BCUT2D eigenvalue weighted by Crippen LogP contribution is 2.52. The van der Waals surface area contributed by atoms with Gasteiger partial charge in [-0.25, -0.2) is 9.18 Å². The summed E-state index contributed by atoms with van der Waals surface area (Å²) in [5, 5.41) is 3.50. The maximum atomic E-state index is 13.2. The second-order valence-corrected chi connectivity index (χ2v) is 6.08. The molecule has 1 spiro atoms. The van der Waals surface area contributed by atoms with Gasteiger partial charge in [-0.1, -0.05) is 12.1 Å². The summed E-state index contributed by atoms with van der Waals surface area (Å²) in [6.07, 6.45) is 2.89. The Kier molecular flexibility index (Phi) is 3.50. The SMILES string of the molecule is COC(=O)c1ccc(C2CC3(CCN2)CC(F)C3)cc1. The van der Waals surface area contributed by atoms with E-state index in [1.54, 1.807) is 12.1 Å². The van der Waals surface area contributed by atoms with Crippen LogP contribution in [-0.2, 0) is 4.74 Å². The quantitative estimate of drug-likeness (QED) is 0.844. The van der Waals surface area contributed by atoms with Gasteiger partial charge in [0.2, 0.25) is 0 Å². The highest BCUT2D eigenvalue weighted by Gasteiger charge is 2.47. The van der Waals surface area contributed by atoms with E-state index in [1.165, 1.54) is 12.7 Å². The fourth-order valence-corrected chi connectivity index (χ4v) is 3.57. The van der Waals surface area contributed by atoms with Crippen molar-refractivity contribution in [1.29, 1.82) is 0 Å². The Labute approximate surface area is 118 Å². The number of esters is 1. The number of carbonyl (C=O) groups is 1. The first-order valence-electron chi connectivity index (χ1n) is 7.18. The molecule has 1 aliphatic heterocycles. The molecule has 1 atom stereocenters. The summed E-state index contributed by atoms with van der Waals surface area (Å²) in [6.45, 7) is 0.941. The third-order valence-corrected chi connectivity index (χ3v) is 4.73. The molecule has 2 fully saturated rings. The smallest absolute Gasteiger partial charge is 0.337 e. The van der Waals surface area contributed by atoms with Gasteiger partial charge in [0.15, 0.2) is 0 Å². The molecule has 1 saturated heterocycles. The summed E-state index contributed by atoms with van der Waals surface area (Å²) >= 11 is 0. The molecule has 0 radical (unpaired) electrons. The van der Waals surface area contributed by atoms with Crippen LogP contribution in [0.1, 0.15) is 47.6 Å². The number of hydrogen-bond acceptors (Lipinski definition) is 3. The molecule has 4 heteroatoms. The van der Waals surface area contributed by atoms with Crippen LogP contribution in [0.3, 0.4) is 0 Å². The van der Waals surface area contributed by atoms with Crippen LogP contribution in [-0.4, -0.2) is 25.8 Å². The van der Waals surface area contributed by atoms with Gasteiger partial charge in [-0.3, -0.25) is 0 Å². The highest BCUT2D eigenvalue weighted by molar-refractivity contribution is 5.89. The molecule has 1 saturated carbocycles. The lowest BCUT2D eigenvalue weighted by atomic mass is 9.60. The van der Waals surface area contributed by atoms with Crippen molar-refractivity contribution in [2.24, 2.45) is 5.41 Å². The molecule has 1 unspecified atom stereocenters. The van der Waals surface area contributed by atoms with Crippen LogP contribution in [0.25, 0.3) is 0 Å². The van der Waals surface area contributed by atoms with E-state index in [-0.39, 0.29) is 17.4 Å². The van der Waals surface area contributed by atoms with E-state index in [0.717, 1.165) is 19.4 Å². The number of nitrogens with one attached hydrogen (secondary N) is 1. The zero-order valence-corrected chi connectivity index (χ0v) is 11.7. The third-order valence-electron chi connectivity index (χ3n) is 4.73. The number of rotatable bonds is 2. The van der Waals surface area contributed by atoms with Crippen molar-refractivity contribution in [3.05, 3.63) is 35.4 Å². The Morgan fingerprint density at radius 3 is 2.60 bits per heavy atom. The van der Waals surface area contributed by atoms with Crippen molar-refractivity contribution in [3.8, 4) is 0 Å². The fourth-order valence-electron chi connectivity index (χ4n) is 3.57. The molecule has 0 bridgehead atoms. The topological polar surface area (TPSA) is 38.3 Å². The molecule has 0 aromatic heterocycles. The molecule has 1 N–H and O–H groups in total. The molecule has 108 valence electrons. The minimum absolute atomic E-state index is 0.205. The Bertz CT molecular complexity index is 488. The minimum Gasteiger partial charge on any atom is -0.465 e. The maximum Gasteiger partial charge on any atom is 0.337 e. The van der Waals surface area contributed by atoms with Gasteiger partial charge >= 0.3 is 5.97 Å². The van der Waals surface area contributed by atoms with Gasteiger partial charge < -0.3 is 10.1 Å². The van der Waals surface area contributed by atoms with E-state index in [0.29, 0.717) is 18.4 Å². The predicted octanol–water partition coefficient (Wildman–Crippen LogP) is 3.02. The average molecular weight is 277 g/mol. The normalized spacial score (nSPS) is 32.7. The number of benzene rings is 1. The predicted molar refractivity (Wildman–Crippen MR) is 74.3 cm³/mol. The van der Waals surface area contributed by atoms with Gasteiger partial charge in [0, 0.05) is 6.04 Å². The molecule has 1 aliphatic carbocycles. The van der Waals surface area contributed by atoms with Crippen molar-refractivity contribution in [2.75, 3.05) is 13.7 Å². The third kappa shape index (κ3) is 2.44. The zero-order chi connectivity index (χ0) is 14.2. The average Bonchev–Trinajstić information content (AvgIpc) is 2.45. The van der Waals surface area contributed by atoms with Gasteiger partial charge in [-0.15, -0.1) is 0 Å². The highest BCUT2D eigenvalue weighted by atomic mass is 19.1. The van der Waals surface area contributed by atoms with E-state index in [1.807, 2.05) is 12.1 Å². The Balaban J connectivity index is 1.71. The second-order valence-electron chi connectivity index (χ2n) is 6.08. The summed E-state index contributed by atoms with van der Waals surface area (Å²) in [6, 6.07) is 7.79. The second kappa shape index (κ2) is 5.17. The van der Waals surface area contributed by atoms with E-state index in [9.17, 15) is 9.18 Å². The molecule has 2 aliphatic rings. The number of alkyl halides is 1. The molecule has 1 heterocycles. The largest absolute Gasteiger partial charge is 0.465 e. The summed E-state index contributed by atoms with van der Waals surface area (Å²) in [5.41, 5.74) is 1.93. The van der Waals surface area contributed by atoms with E-state index >= 15 is 0 Å². The lowest BCUT2D eigenvalue weighted by Gasteiger charge is -2.49. The van der Waals surface area contributed by atoms with Gasteiger partial charge in [0.25, 0.3) is 0 Å². The first-order chi connectivity index (χ1) is 9.62. The number of carbonyl (C=O) groups excluding carboxylic acids is 1. The van der Waals surface area contributed by atoms with E-state index in [4.69, 9.17) is 4.74 Å². The van der Waals surface area contributed by atoms with E-state index < -0.39 is 6.17 Å². The molecule has 3 nitrogen and oxygen atoms in total. The lowest BCUT2D eigenvalue weighted by molar-refractivity contribution is -0.0139. The van der Waals surface area contributed by atoms with Gasteiger partial charge in [0.05, 0.1) is 12.7 Å². The monoisotopic (exact) mass is 277 g/mol. The van der Waals surface area contributed by atoms with Crippen LogP contribution in [0.4, 0.5) is 4.39 Å². The van der Waals surface area contributed by atoms with Crippen LogP contribution < -0.4 is 5.32 Å². The zero-order valence-electron chi connectivity index (χ0n) is 11.7. The van der Waals surface area contributed by atoms with E-state index in [2.05, 4.69) is 5.32 Å². The maximum absolute atomic E-state index is 13.2. The fraction of sp³-hybridized carbons (Fsp3) is 0.562. The molecule has 1 aromatic carbocycles. The van der Waals surface area contributed by atoms with Crippen LogP contribution in [0.15, 0.2) is 24.3 Å². The summed E-state index contributed by atoms with van der Waals surface area (Å²) in [4.78, 5) is 11.4. The number of piperidine rings is 1. The standard InChI is InChI=1S/C16H20FNO2/c1-20-15(19)12-4-2-11(3-5-12)14-10-16(6-7-18-14)8-13(17)9-16/h2-5,13-14,18H,6-10H2,1H3. The Morgan fingerprint density at radius 1 is 1.30 bits per heavy atom. The minimum atomic E-state index is -0.601. The van der Waals surface area contributed by atoms with Crippen molar-refractivity contribution >= 4 is 5.97 Å². The summed E-state index contributed by atoms with van der Waals surface area (Å²) < 4.78 is 17.9. The van der Waals surface area contributed by atoms with Crippen LogP contribution in [0.5, 0.6) is 0 Å². The van der Waals surface area contributed by atoms with Gasteiger partial charge in [0.1, 0.15) is 6.17 Å². The molecule has 0 amide bonds. The first kappa shape index (κ1) is 13.6. The molecular weight excluding hydrogens is 257 g/mol. The van der Waals surface area contributed by atoms with Gasteiger partial charge in [-0.2, -0.15) is 0 Å². The molecule has 20 heavy (non-hydrogen) atoms. The molecule has 3 rings (SSSR count). The number of halogens is 1. The Morgan fingerprint density at radius 2 is 2.00 bits per heavy atom. The van der Waals surface area contributed by atoms with Crippen LogP contribution in [0.2, 0.25) is 0 Å². The van der Waals surface area contributed by atoms with Crippen molar-refractivity contribution in [1.82, 2.24) is 5.32 Å². The number of hydrogen-bond donors (Lipinski definition) is 1. The summed E-state index contributed by atoms with van der Waals surface area (Å²) in [5.74, 6) is -0.316. The van der Waals surface area contributed by atoms with Crippen LogP contribution in [0, 0.1) is 5.41 Å². The van der Waals surface area contributed by atoms with Crippen molar-refractivity contribution in [2.45, 2.75) is 37.9 Å². The van der Waals surface area contributed by atoms with Crippen LogP contribution >= 0.6 is 0 Å². The summed E-state index contributed by atoms with van der Waals surface area (Å²) in [7, 11) is 1.38. The molecule has 1 aromatic rings.